The van der Waals surface area contributed by atoms with Crippen molar-refractivity contribution >= 4 is 17.7 Å². The Morgan fingerprint density at radius 1 is 1.21 bits per heavy atom. The van der Waals surface area contributed by atoms with Crippen LogP contribution in [0.25, 0.3) is 0 Å². The third-order valence-electron chi connectivity index (χ3n) is 4.82. The minimum atomic E-state index is -0.279. The quantitative estimate of drug-likeness (QED) is 0.876. The predicted octanol–water partition coefficient (Wildman–Crippen LogP) is 2.68. The Hall–Kier alpha value is -1.82. The van der Waals surface area contributed by atoms with Crippen LogP contribution < -0.4 is 5.73 Å². The molecule has 0 aliphatic heterocycles. The molecule has 5 nitrogen and oxygen atoms in total. The number of benzene rings is 1. The van der Waals surface area contributed by atoms with Gasteiger partial charge >= 0.3 is 0 Å². The van der Waals surface area contributed by atoms with Crippen LogP contribution >= 0.6 is 11.8 Å². The first-order valence-corrected chi connectivity index (χ1v) is 9.54. The van der Waals surface area contributed by atoms with Gasteiger partial charge in [0.05, 0.1) is 0 Å². The van der Waals surface area contributed by atoms with E-state index >= 15 is 0 Å². The molecule has 1 aromatic carbocycles. The van der Waals surface area contributed by atoms with Gasteiger partial charge in [0, 0.05) is 24.1 Å². The van der Waals surface area contributed by atoms with Crippen LogP contribution in [0.1, 0.15) is 48.7 Å². The third-order valence-corrected chi connectivity index (χ3v) is 6.04. The SMILES string of the molecule is NC(=O)CCc1nnc(S[C@@H]2CCc3ccccc3C2)n1C1CC1. The fourth-order valence-electron chi connectivity index (χ4n) is 3.41. The lowest BCUT2D eigenvalue weighted by Crippen LogP contribution is -2.17. The molecule has 2 N–H and O–H groups in total. The molecule has 1 atom stereocenters. The third kappa shape index (κ3) is 3.34. The molecule has 0 bridgehead atoms. The highest BCUT2D eigenvalue weighted by molar-refractivity contribution is 7.99. The molecule has 6 heteroatoms. The molecule has 2 aromatic rings. The summed E-state index contributed by atoms with van der Waals surface area (Å²) < 4.78 is 2.26. The summed E-state index contributed by atoms with van der Waals surface area (Å²) in [6.45, 7) is 0. The van der Waals surface area contributed by atoms with E-state index in [1.165, 1.54) is 30.4 Å². The Morgan fingerprint density at radius 3 is 2.75 bits per heavy atom. The molecule has 0 radical (unpaired) electrons. The first kappa shape index (κ1) is 15.7. The normalized spacial score (nSPS) is 19.9. The summed E-state index contributed by atoms with van der Waals surface area (Å²) >= 11 is 1.85. The topological polar surface area (TPSA) is 73.8 Å². The van der Waals surface area contributed by atoms with Gasteiger partial charge in [-0.1, -0.05) is 36.0 Å². The zero-order chi connectivity index (χ0) is 16.5. The van der Waals surface area contributed by atoms with Crippen molar-refractivity contribution in [2.45, 2.75) is 61.4 Å². The van der Waals surface area contributed by atoms with Crippen molar-refractivity contribution in [1.29, 1.82) is 0 Å². The molecule has 0 spiro atoms. The molecule has 1 heterocycles. The maximum absolute atomic E-state index is 11.1. The fourth-order valence-corrected chi connectivity index (χ4v) is 4.66. The molecule has 4 rings (SSSR count). The van der Waals surface area contributed by atoms with Crippen molar-refractivity contribution in [2.75, 3.05) is 0 Å². The minimum Gasteiger partial charge on any atom is -0.370 e. The van der Waals surface area contributed by atoms with Crippen LogP contribution in [0.15, 0.2) is 29.4 Å². The van der Waals surface area contributed by atoms with Crippen molar-refractivity contribution in [3.05, 3.63) is 41.2 Å². The van der Waals surface area contributed by atoms with Crippen LogP contribution in [0.2, 0.25) is 0 Å². The van der Waals surface area contributed by atoms with Crippen LogP contribution in [-0.4, -0.2) is 25.9 Å². The van der Waals surface area contributed by atoms with E-state index in [-0.39, 0.29) is 5.91 Å². The van der Waals surface area contributed by atoms with Gasteiger partial charge in [-0.25, -0.2) is 0 Å². The van der Waals surface area contributed by atoms with Gasteiger partial charge in [-0.05, 0) is 43.2 Å². The van der Waals surface area contributed by atoms with E-state index in [0.717, 1.165) is 23.8 Å². The van der Waals surface area contributed by atoms with Gasteiger partial charge < -0.3 is 10.3 Å². The largest absolute Gasteiger partial charge is 0.370 e. The van der Waals surface area contributed by atoms with Crippen LogP contribution in [0, 0.1) is 0 Å². The molecule has 24 heavy (non-hydrogen) atoms. The van der Waals surface area contributed by atoms with E-state index in [4.69, 9.17) is 5.73 Å². The fraction of sp³-hybridized carbons (Fsp3) is 0.500. The number of carbonyl (C=O) groups excluding carboxylic acids is 1. The maximum atomic E-state index is 11.1. The molecule has 1 aromatic heterocycles. The summed E-state index contributed by atoms with van der Waals surface area (Å²) in [5, 5.41) is 10.3. The second-order valence-corrected chi connectivity index (χ2v) is 7.99. The van der Waals surface area contributed by atoms with Gasteiger partial charge in [0.2, 0.25) is 5.91 Å². The number of aromatic nitrogens is 3. The number of thioether (sulfide) groups is 1. The van der Waals surface area contributed by atoms with Crippen LogP contribution in [0.5, 0.6) is 0 Å². The molecule has 0 unspecified atom stereocenters. The van der Waals surface area contributed by atoms with E-state index in [1.54, 1.807) is 0 Å². The molecule has 126 valence electrons. The van der Waals surface area contributed by atoms with Gasteiger partial charge in [-0.15, -0.1) is 10.2 Å². The van der Waals surface area contributed by atoms with Crippen molar-refractivity contribution in [1.82, 2.24) is 14.8 Å². The molecule has 1 fully saturated rings. The number of aryl methyl sites for hydroxylation is 2. The van der Waals surface area contributed by atoms with E-state index in [9.17, 15) is 4.79 Å². The molecular weight excluding hydrogens is 320 g/mol. The number of hydrogen-bond donors (Lipinski definition) is 1. The van der Waals surface area contributed by atoms with Crippen LogP contribution in [0.4, 0.5) is 0 Å². The lowest BCUT2D eigenvalue weighted by molar-refractivity contribution is -0.118. The van der Waals surface area contributed by atoms with Gasteiger partial charge in [0.15, 0.2) is 5.16 Å². The summed E-state index contributed by atoms with van der Waals surface area (Å²) in [7, 11) is 0. The lowest BCUT2D eigenvalue weighted by Gasteiger charge is -2.23. The standard InChI is InChI=1S/C18H22N4OS/c19-16(23)9-10-17-20-21-18(22(17)14-6-7-14)24-15-8-5-12-3-1-2-4-13(12)11-15/h1-4,14-15H,5-11H2,(H2,19,23)/t15-/m1/s1. The Labute approximate surface area is 146 Å². The molecule has 1 saturated carbocycles. The molecular formula is C18H22N4OS. The molecule has 2 aliphatic rings. The zero-order valence-electron chi connectivity index (χ0n) is 13.6. The van der Waals surface area contributed by atoms with Gasteiger partial charge in [0.1, 0.15) is 5.82 Å². The van der Waals surface area contributed by atoms with Gasteiger partial charge in [-0.3, -0.25) is 4.79 Å². The smallest absolute Gasteiger partial charge is 0.217 e. The highest BCUT2D eigenvalue weighted by atomic mass is 32.2. The first-order chi connectivity index (χ1) is 11.7. The molecule has 0 saturated heterocycles. The van der Waals surface area contributed by atoms with Crippen molar-refractivity contribution in [2.24, 2.45) is 5.73 Å². The molecule has 1 amide bonds. The van der Waals surface area contributed by atoms with E-state index < -0.39 is 0 Å². The summed E-state index contributed by atoms with van der Waals surface area (Å²) in [6, 6.07) is 9.25. The Kier molecular flexibility index (Phi) is 4.31. The Balaban J connectivity index is 1.50. The predicted molar refractivity (Wildman–Crippen MR) is 93.9 cm³/mol. The van der Waals surface area contributed by atoms with Crippen molar-refractivity contribution < 1.29 is 4.79 Å². The number of nitrogens with two attached hydrogens (primary N) is 1. The van der Waals surface area contributed by atoms with Gasteiger partial charge in [-0.2, -0.15) is 0 Å². The average Bonchev–Trinajstić information content (AvgIpc) is 3.34. The van der Waals surface area contributed by atoms with E-state index in [1.807, 2.05) is 11.8 Å². The van der Waals surface area contributed by atoms with E-state index in [0.29, 0.717) is 24.1 Å². The van der Waals surface area contributed by atoms with Crippen molar-refractivity contribution in [3.8, 4) is 0 Å². The van der Waals surface area contributed by atoms with E-state index in [2.05, 4.69) is 39.0 Å². The number of fused-ring (bicyclic) bond motifs is 1. The summed E-state index contributed by atoms with van der Waals surface area (Å²) in [4.78, 5) is 11.1. The zero-order valence-corrected chi connectivity index (χ0v) is 14.5. The first-order valence-electron chi connectivity index (χ1n) is 8.66. The number of hydrogen-bond acceptors (Lipinski definition) is 4. The maximum Gasteiger partial charge on any atom is 0.217 e. The number of amides is 1. The second kappa shape index (κ2) is 6.59. The summed E-state index contributed by atoms with van der Waals surface area (Å²) in [6.07, 6.45) is 6.70. The molecule has 2 aliphatic carbocycles. The number of nitrogens with zero attached hydrogens (tertiary/aromatic N) is 3. The Morgan fingerprint density at radius 2 is 2.00 bits per heavy atom. The number of primary amides is 1. The summed E-state index contributed by atoms with van der Waals surface area (Å²) in [5.41, 5.74) is 8.23. The van der Waals surface area contributed by atoms with Gasteiger partial charge in [0.25, 0.3) is 0 Å². The highest BCUT2D eigenvalue weighted by Crippen LogP contribution is 2.41. The number of rotatable bonds is 6. The summed E-state index contributed by atoms with van der Waals surface area (Å²) in [5.74, 6) is 0.633. The van der Waals surface area contributed by atoms with Crippen molar-refractivity contribution in [3.63, 3.8) is 0 Å². The highest BCUT2D eigenvalue weighted by Gasteiger charge is 2.31. The second-order valence-electron chi connectivity index (χ2n) is 6.72. The number of carbonyl (C=O) groups is 1. The minimum absolute atomic E-state index is 0.279. The Bertz CT molecular complexity index is 753. The monoisotopic (exact) mass is 342 g/mol. The van der Waals surface area contributed by atoms with Crippen LogP contribution in [0.3, 0.4) is 0 Å². The average molecular weight is 342 g/mol. The lowest BCUT2D eigenvalue weighted by atomic mass is 9.92. The van der Waals surface area contributed by atoms with Crippen LogP contribution in [-0.2, 0) is 24.1 Å².